The molecular weight excluding hydrogens is 436 g/mol. The molecule has 1 atom stereocenters. The number of rotatable bonds is 5. The van der Waals surface area contributed by atoms with Gasteiger partial charge in [-0.2, -0.15) is 0 Å². The van der Waals surface area contributed by atoms with Crippen LogP contribution >= 0.6 is 15.9 Å². The van der Waals surface area contributed by atoms with Gasteiger partial charge in [0.15, 0.2) is 5.43 Å². The largest absolute Gasteiger partial charge is 0.508 e. The van der Waals surface area contributed by atoms with Crippen molar-refractivity contribution in [3.05, 3.63) is 74.0 Å². The van der Waals surface area contributed by atoms with Crippen LogP contribution in [0.2, 0.25) is 0 Å². The second-order valence-corrected chi connectivity index (χ2v) is 8.38. The lowest BCUT2D eigenvalue weighted by molar-refractivity contribution is 0.0722. The standard InChI is InChI=1S/C22H21BrN2O4/c1-24(2)9-4-10-25-19(13-5-3-6-15(26)11-13)18-20(27)16-12-14(23)7-8-17(16)29-21(18)22(25)28/h3,5-8,11-12,19,26H,4,9-10H2,1-2H3. The van der Waals surface area contributed by atoms with Crippen molar-refractivity contribution in [1.82, 2.24) is 9.80 Å². The molecule has 1 aliphatic rings. The molecule has 6 nitrogen and oxygen atoms in total. The minimum absolute atomic E-state index is 0.0861. The summed E-state index contributed by atoms with van der Waals surface area (Å²) in [6, 6.07) is 11.3. The van der Waals surface area contributed by atoms with E-state index in [1.165, 1.54) is 0 Å². The summed E-state index contributed by atoms with van der Waals surface area (Å²) in [7, 11) is 3.95. The molecule has 0 fully saturated rings. The van der Waals surface area contributed by atoms with Gasteiger partial charge in [0.25, 0.3) is 5.91 Å². The maximum absolute atomic E-state index is 13.4. The normalized spacial score (nSPS) is 16.1. The number of aromatic hydroxyl groups is 1. The van der Waals surface area contributed by atoms with E-state index in [4.69, 9.17) is 4.42 Å². The summed E-state index contributed by atoms with van der Waals surface area (Å²) < 4.78 is 6.67. The summed E-state index contributed by atoms with van der Waals surface area (Å²) in [6.45, 7) is 1.28. The molecule has 29 heavy (non-hydrogen) atoms. The average molecular weight is 457 g/mol. The van der Waals surface area contributed by atoms with Crippen LogP contribution in [0.1, 0.15) is 34.1 Å². The predicted molar refractivity (Wildman–Crippen MR) is 114 cm³/mol. The number of carbonyl (C=O) groups is 1. The zero-order valence-corrected chi connectivity index (χ0v) is 17.8. The van der Waals surface area contributed by atoms with Crippen LogP contribution in [0.3, 0.4) is 0 Å². The van der Waals surface area contributed by atoms with E-state index < -0.39 is 6.04 Å². The maximum atomic E-state index is 13.4. The van der Waals surface area contributed by atoms with Gasteiger partial charge in [0.2, 0.25) is 5.76 Å². The second-order valence-electron chi connectivity index (χ2n) is 7.47. The van der Waals surface area contributed by atoms with Crippen LogP contribution in [0.25, 0.3) is 11.0 Å². The van der Waals surface area contributed by atoms with Crippen LogP contribution in [0.4, 0.5) is 0 Å². The first-order valence-electron chi connectivity index (χ1n) is 9.37. The van der Waals surface area contributed by atoms with Crippen molar-refractivity contribution >= 4 is 32.8 Å². The Morgan fingerprint density at radius 2 is 1.97 bits per heavy atom. The highest BCUT2D eigenvalue weighted by molar-refractivity contribution is 9.10. The molecule has 1 amide bonds. The van der Waals surface area contributed by atoms with E-state index in [-0.39, 0.29) is 22.8 Å². The van der Waals surface area contributed by atoms with E-state index in [0.29, 0.717) is 28.6 Å². The number of phenols is 1. The fourth-order valence-electron chi connectivity index (χ4n) is 3.82. The first kappa shape index (κ1) is 19.7. The number of fused-ring (bicyclic) bond motifs is 2. The summed E-state index contributed by atoms with van der Waals surface area (Å²) in [6.07, 6.45) is 0.751. The predicted octanol–water partition coefficient (Wildman–Crippen LogP) is 3.76. The maximum Gasteiger partial charge on any atom is 0.290 e. The zero-order chi connectivity index (χ0) is 20.7. The number of hydrogen-bond acceptors (Lipinski definition) is 5. The quantitative estimate of drug-likeness (QED) is 0.632. The second kappa shape index (κ2) is 7.65. The lowest BCUT2D eigenvalue weighted by atomic mass is 9.98. The molecule has 0 aliphatic carbocycles. The molecule has 1 unspecified atom stereocenters. The molecule has 2 aromatic carbocycles. The fourth-order valence-corrected chi connectivity index (χ4v) is 4.18. The highest BCUT2D eigenvalue weighted by atomic mass is 79.9. The third-order valence-corrected chi connectivity index (χ3v) is 5.61. The van der Waals surface area contributed by atoms with Gasteiger partial charge >= 0.3 is 0 Å². The number of halogens is 1. The first-order chi connectivity index (χ1) is 13.9. The summed E-state index contributed by atoms with van der Waals surface area (Å²) in [5.74, 6) is -0.124. The van der Waals surface area contributed by atoms with Crippen LogP contribution in [0.15, 0.2) is 56.1 Å². The van der Waals surface area contributed by atoms with Crippen LogP contribution in [-0.4, -0.2) is 48.0 Å². The van der Waals surface area contributed by atoms with Gasteiger partial charge < -0.3 is 19.3 Å². The Morgan fingerprint density at radius 3 is 2.69 bits per heavy atom. The molecular formula is C22H21BrN2O4. The van der Waals surface area contributed by atoms with Gasteiger partial charge in [0.05, 0.1) is 17.0 Å². The Bertz CT molecular complexity index is 1160. The van der Waals surface area contributed by atoms with Crippen LogP contribution in [0.5, 0.6) is 5.75 Å². The third-order valence-electron chi connectivity index (χ3n) is 5.12. The first-order valence-corrected chi connectivity index (χ1v) is 10.2. The average Bonchev–Trinajstić information content (AvgIpc) is 2.95. The number of hydrogen-bond donors (Lipinski definition) is 1. The zero-order valence-electron chi connectivity index (χ0n) is 16.2. The van der Waals surface area contributed by atoms with E-state index in [9.17, 15) is 14.7 Å². The van der Waals surface area contributed by atoms with Crippen LogP contribution < -0.4 is 5.43 Å². The van der Waals surface area contributed by atoms with E-state index in [2.05, 4.69) is 15.9 Å². The van der Waals surface area contributed by atoms with Crippen LogP contribution in [0, 0.1) is 0 Å². The van der Waals surface area contributed by atoms with Crippen molar-refractivity contribution in [1.29, 1.82) is 0 Å². The summed E-state index contributed by atoms with van der Waals surface area (Å²) in [4.78, 5) is 30.3. The number of benzene rings is 2. The SMILES string of the molecule is CN(C)CCCN1C(=O)c2oc3ccc(Br)cc3c(=O)c2C1c1cccc(O)c1. The van der Waals surface area contributed by atoms with Crippen molar-refractivity contribution < 1.29 is 14.3 Å². The van der Waals surface area contributed by atoms with E-state index in [0.717, 1.165) is 17.4 Å². The van der Waals surface area contributed by atoms with Gasteiger partial charge in [-0.3, -0.25) is 9.59 Å². The molecule has 7 heteroatoms. The number of amides is 1. The molecule has 150 valence electrons. The highest BCUT2D eigenvalue weighted by Crippen LogP contribution is 2.39. The molecule has 2 heterocycles. The van der Waals surface area contributed by atoms with E-state index in [1.807, 2.05) is 25.1 Å². The lowest BCUT2D eigenvalue weighted by Gasteiger charge is -2.25. The monoisotopic (exact) mass is 456 g/mol. The number of phenolic OH excluding ortho intramolecular Hbond substituents is 1. The van der Waals surface area contributed by atoms with Crippen molar-refractivity contribution in [2.75, 3.05) is 27.2 Å². The highest BCUT2D eigenvalue weighted by Gasteiger charge is 2.42. The molecule has 4 rings (SSSR count). The summed E-state index contributed by atoms with van der Waals surface area (Å²) >= 11 is 3.39. The smallest absolute Gasteiger partial charge is 0.290 e. The summed E-state index contributed by atoms with van der Waals surface area (Å²) in [5.41, 5.74) is 1.18. The molecule has 1 N–H and O–H groups in total. The molecule has 0 bridgehead atoms. The van der Waals surface area contributed by atoms with Gasteiger partial charge in [-0.1, -0.05) is 28.1 Å². The minimum atomic E-state index is -0.591. The van der Waals surface area contributed by atoms with Crippen molar-refractivity contribution in [3.8, 4) is 5.75 Å². The van der Waals surface area contributed by atoms with Crippen LogP contribution in [-0.2, 0) is 0 Å². The van der Waals surface area contributed by atoms with Crippen molar-refractivity contribution in [2.24, 2.45) is 0 Å². The third kappa shape index (κ3) is 3.56. The summed E-state index contributed by atoms with van der Waals surface area (Å²) in [5, 5.41) is 10.4. The van der Waals surface area contributed by atoms with Gasteiger partial charge in [-0.25, -0.2) is 0 Å². The molecule has 0 saturated carbocycles. The molecule has 3 aromatic rings. The molecule has 0 saturated heterocycles. The van der Waals surface area contributed by atoms with Gasteiger partial charge in [-0.15, -0.1) is 0 Å². The molecule has 0 spiro atoms. The van der Waals surface area contributed by atoms with Crippen molar-refractivity contribution in [3.63, 3.8) is 0 Å². The Morgan fingerprint density at radius 1 is 1.17 bits per heavy atom. The lowest BCUT2D eigenvalue weighted by Crippen LogP contribution is -2.32. The topological polar surface area (TPSA) is 74.0 Å². The van der Waals surface area contributed by atoms with E-state index >= 15 is 0 Å². The number of carbonyl (C=O) groups excluding carboxylic acids is 1. The van der Waals surface area contributed by atoms with Crippen molar-refractivity contribution in [2.45, 2.75) is 12.5 Å². The fraction of sp³-hybridized carbons (Fsp3) is 0.273. The van der Waals surface area contributed by atoms with Gasteiger partial charge in [0.1, 0.15) is 11.3 Å². The van der Waals surface area contributed by atoms with Gasteiger partial charge in [0, 0.05) is 11.0 Å². The molecule has 0 radical (unpaired) electrons. The Hall–Kier alpha value is -2.64. The minimum Gasteiger partial charge on any atom is -0.508 e. The number of nitrogens with zero attached hydrogens (tertiary/aromatic N) is 2. The Balaban J connectivity index is 1.89. The van der Waals surface area contributed by atoms with E-state index in [1.54, 1.807) is 41.3 Å². The Kier molecular flexibility index (Phi) is 5.19. The molecule has 1 aliphatic heterocycles. The van der Waals surface area contributed by atoms with Gasteiger partial charge in [-0.05, 0) is 63.0 Å². The molecule has 1 aromatic heterocycles. The Labute approximate surface area is 176 Å².